The molecule has 0 saturated carbocycles. The van der Waals surface area contributed by atoms with Gasteiger partial charge >= 0.3 is 5.97 Å². The lowest BCUT2D eigenvalue weighted by Crippen LogP contribution is -2.30. The third-order valence-electron chi connectivity index (χ3n) is 4.15. The van der Waals surface area contributed by atoms with Crippen LogP contribution in [-0.4, -0.2) is 32.4 Å². The molecule has 0 aromatic heterocycles. The maximum absolute atomic E-state index is 12.0. The summed E-state index contributed by atoms with van der Waals surface area (Å²) >= 11 is 0. The first kappa shape index (κ1) is 19.3. The normalized spacial score (nSPS) is 13.2. The molecule has 2 aromatic carbocycles. The number of hydrogen-bond acceptors (Lipinski definition) is 6. The van der Waals surface area contributed by atoms with Gasteiger partial charge < -0.3 is 24.3 Å². The van der Waals surface area contributed by atoms with Crippen LogP contribution in [-0.2, 0) is 14.3 Å². The van der Waals surface area contributed by atoms with Crippen LogP contribution in [0.3, 0.4) is 0 Å². The van der Waals surface area contributed by atoms with Crippen LogP contribution in [0.5, 0.6) is 17.2 Å². The number of hydrogen-bond donors (Lipinski definition) is 1. The van der Waals surface area contributed by atoms with E-state index in [1.54, 1.807) is 31.4 Å². The summed E-state index contributed by atoms with van der Waals surface area (Å²) in [7, 11) is 1.58. The number of carbonyl (C=O) groups excluding carboxylic acids is 2. The molecule has 3 rings (SSSR count). The lowest BCUT2D eigenvalue weighted by atomic mass is 10.1. The molecule has 0 saturated heterocycles. The highest BCUT2D eigenvalue weighted by molar-refractivity contribution is 5.89. The monoisotopic (exact) mass is 383 g/mol. The summed E-state index contributed by atoms with van der Waals surface area (Å²) in [6.45, 7) is 1.67. The second-order valence-corrected chi connectivity index (χ2v) is 6.12. The van der Waals surface area contributed by atoms with Gasteiger partial charge in [-0.1, -0.05) is 18.2 Å². The number of ether oxygens (including phenoxy) is 4. The molecule has 0 radical (unpaired) electrons. The van der Waals surface area contributed by atoms with Gasteiger partial charge in [-0.05, 0) is 48.4 Å². The van der Waals surface area contributed by atoms with Gasteiger partial charge in [0, 0.05) is 6.08 Å². The van der Waals surface area contributed by atoms with Crippen LogP contribution in [0.25, 0.3) is 6.08 Å². The van der Waals surface area contributed by atoms with E-state index in [-0.39, 0.29) is 19.4 Å². The van der Waals surface area contributed by atoms with Gasteiger partial charge in [0.1, 0.15) is 5.75 Å². The minimum absolute atomic E-state index is 0.194. The molecular formula is C21H21NO6. The molecule has 0 spiro atoms. The van der Waals surface area contributed by atoms with E-state index in [0.29, 0.717) is 11.5 Å². The first-order valence-corrected chi connectivity index (χ1v) is 8.73. The van der Waals surface area contributed by atoms with E-state index in [9.17, 15) is 9.59 Å². The summed E-state index contributed by atoms with van der Waals surface area (Å²) in [5, 5.41) is 2.78. The Morgan fingerprint density at radius 2 is 1.89 bits per heavy atom. The Hall–Kier alpha value is -3.48. The average Bonchev–Trinajstić information content (AvgIpc) is 3.19. The van der Waals surface area contributed by atoms with Crippen molar-refractivity contribution in [3.63, 3.8) is 0 Å². The van der Waals surface area contributed by atoms with Gasteiger partial charge in [0.2, 0.25) is 6.79 Å². The van der Waals surface area contributed by atoms with Crippen LogP contribution in [0.2, 0.25) is 0 Å². The van der Waals surface area contributed by atoms with Gasteiger partial charge in [0.05, 0.1) is 13.2 Å². The lowest BCUT2D eigenvalue weighted by Gasteiger charge is -2.14. The van der Waals surface area contributed by atoms with Crippen LogP contribution >= 0.6 is 0 Å². The molecule has 2 aromatic rings. The fraction of sp³-hybridized carbons (Fsp3) is 0.238. The number of carbonyl (C=O) groups is 2. The number of esters is 1. The van der Waals surface area contributed by atoms with Crippen molar-refractivity contribution in [3.05, 3.63) is 59.7 Å². The van der Waals surface area contributed by atoms with Gasteiger partial charge in [-0.15, -0.1) is 0 Å². The zero-order chi connectivity index (χ0) is 19.9. The molecule has 0 unspecified atom stereocenters. The topological polar surface area (TPSA) is 83.1 Å². The Labute approximate surface area is 162 Å². The number of methoxy groups -OCH3 is 1. The minimum atomic E-state index is -0.596. The van der Waals surface area contributed by atoms with Crippen molar-refractivity contribution < 1.29 is 28.5 Å². The predicted octanol–water partition coefficient (Wildman–Crippen LogP) is 2.86. The van der Waals surface area contributed by atoms with Crippen LogP contribution in [0.15, 0.2) is 48.5 Å². The fourth-order valence-corrected chi connectivity index (χ4v) is 2.61. The van der Waals surface area contributed by atoms with E-state index < -0.39 is 11.9 Å². The predicted molar refractivity (Wildman–Crippen MR) is 102 cm³/mol. The van der Waals surface area contributed by atoms with E-state index in [1.807, 2.05) is 31.2 Å². The zero-order valence-electron chi connectivity index (χ0n) is 15.6. The van der Waals surface area contributed by atoms with Gasteiger partial charge in [-0.25, -0.2) is 4.79 Å². The highest BCUT2D eigenvalue weighted by atomic mass is 16.7. The van der Waals surface area contributed by atoms with Crippen LogP contribution < -0.4 is 19.5 Å². The molecular weight excluding hydrogens is 362 g/mol. The number of amides is 1. The minimum Gasteiger partial charge on any atom is -0.497 e. The van der Waals surface area contributed by atoms with E-state index in [1.165, 1.54) is 6.08 Å². The summed E-state index contributed by atoms with van der Waals surface area (Å²) in [5.41, 5.74) is 1.68. The van der Waals surface area contributed by atoms with Crippen molar-refractivity contribution in [3.8, 4) is 17.2 Å². The molecule has 7 nitrogen and oxygen atoms in total. The molecule has 0 bridgehead atoms. The Morgan fingerprint density at radius 1 is 1.14 bits per heavy atom. The molecule has 7 heteroatoms. The maximum atomic E-state index is 12.0. The van der Waals surface area contributed by atoms with Crippen molar-refractivity contribution in [2.24, 2.45) is 0 Å². The standard InChI is InChI=1S/C21H21NO6/c1-14(16-6-9-18-19(11-16)28-13-27-18)22-20(23)12-26-21(24)10-5-15-3-7-17(25-2)8-4-15/h3-11,14H,12-13H2,1-2H3,(H,22,23)/b10-5+/t14-/m0/s1. The van der Waals surface area contributed by atoms with Crippen LogP contribution in [0.4, 0.5) is 0 Å². The Kier molecular flexibility index (Phi) is 6.16. The summed E-state index contributed by atoms with van der Waals surface area (Å²) in [5.74, 6) is 1.07. The third-order valence-corrected chi connectivity index (χ3v) is 4.15. The molecule has 1 aliphatic heterocycles. The number of benzene rings is 2. The fourth-order valence-electron chi connectivity index (χ4n) is 2.61. The molecule has 28 heavy (non-hydrogen) atoms. The Balaban J connectivity index is 1.45. The van der Waals surface area contributed by atoms with Crippen molar-refractivity contribution in [2.75, 3.05) is 20.5 Å². The molecule has 0 aliphatic carbocycles. The number of fused-ring (bicyclic) bond motifs is 1. The largest absolute Gasteiger partial charge is 0.497 e. The molecule has 1 N–H and O–H groups in total. The first-order valence-electron chi connectivity index (χ1n) is 8.73. The van der Waals surface area contributed by atoms with Crippen molar-refractivity contribution in [1.82, 2.24) is 5.32 Å². The zero-order valence-corrected chi connectivity index (χ0v) is 15.6. The van der Waals surface area contributed by atoms with Crippen LogP contribution in [0.1, 0.15) is 24.1 Å². The third kappa shape index (κ3) is 5.03. The van der Waals surface area contributed by atoms with Gasteiger partial charge in [0.15, 0.2) is 18.1 Å². The van der Waals surface area contributed by atoms with Gasteiger partial charge in [-0.3, -0.25) is 4.79 Å². The lowest BCUT2D eigenvalue weighted by molar-refractivity contribution is -0.144. The highest BCUT2D eigenvalue weighted by Gasteiger charge is 2.17. The van der Waals surface area contributed by atoms with E-state index in [2.05, 4.69) is 5.32 Å². The maximum Gasteiger partial charge on any atom is 0.331 e. The average molecular weight is 383 g/mol. The van der Waals surface area contributed by atoms with Crippen molar-refractivity contribution in [2.45, 2.75) is 13.0 Å². The SMILES string of the molecule is COc1ccc(/C=C/C(=O)OCC(=O)N[C@@H](C)c2ccc3c(c2)OCO3)cc1. The van der Waals surface area contributed by atoms with E-state index >= 15 is 0 Å². The van der Waals surface area contributed by atoms with Gasteiger partial charge in [-0.2, -0.15) is 0 Å². The highest BCUT2D eigenvalue weighted by Crippen LogP contribution is 2.34. The molecule has 146 valence electrons. The summed E-state index contributed by atoms with van der Waals surface area (Å²) < 4.78 is 20.6. The second kappa shape index (κ2) is 8.94. The second-order valence-electron chi connectivity index (χ2n) is 6.12. The number of rotatable bonds is 7. The molecule has 1 heterocycles. The summed E-state index contributed by atoms with van der Waals surface area (Å²) in [6.07, 6.45) is 2.88. The smallest absolute Gasteiger partial charge is 0.331 e. The Bertz CT molecular complexity index is 875. The van der Waals surface area contributed by atoms with Gasteiger partial charge in [0.25, 0.3) is 5.91 Å². The van der Waals surface area contributed by atoms with Crippen molar-refractivity contribution in [1.29, 1.82) is 0 Å². The quantitative estimate of drug-likeness (QED) is 0.585. The molecule has 1 amide bonds. The molecule has 1 atom stereocenters. The number of nitrogens with one attached hydrogen (secondary N) is 1. The van der Waals surface area contributed by atoms with E-state index in [0.717, 1.165) is 16.9 Å². The Morgan fingerprint density at radius 3 is 2.64 bits per heavy atom. The molecule has 1 aliphatic rings. The first-order chi connectivity index (χ1) is 13.5. The van der Waals surface area contributed by atoms with E-state index in [4.69, 9.17) is 18.9 Å². The summed E-state index contributed by atoms with van der Waals surface area (Å²) in [4.78, 5) is 23.8. The molecule has 0 fully saturated rings. The van der Waals surface area contributed by atoms with Crippen LogP contribution in [0, 0.1) is 0 Å². The summed E-state index contributed by atoms with van der Waals surface area (Å²) in [6, 6.07) is 12.4. The van der Waals surface area contributed by atoms with Crippen molar-refractivity contribution >= 4 is 18.0 Å².